The van der Waals surface area contributed by atoms with Gasteiger partial charge in [-0.15, -0.1) is 0 Å². The van der Waals surface area contributed by atoms with E-state index in [0.717, 1.165) is 12.8 Å². The topological polar surface area (TPSA) is 163 Å². The summed E-state index contributed by atoms with van der Waals surface area (Å²) in [4.78, 5) is 52.1. The third kappa shape index (κ3) is 6.89. The Bertz CT molecular complexity index is 804. The molecule has 0 fully saturated rings. The van der Waals surface area contributed by atoms with Gasteiger partial charge < -0.3 is 10.2 Å². The zero-order valence-electron chi connectivity index (χ0n) is 21.0. The largest absolute Gasteiger partial charge is 1.00 e. The standard InChI is InChI=1S/C11H18N2O3.C10H16N2O3.2Na/c1-4-6-7(3)11(5-2)8(14)12-10(16)13-9(11)15;1-4-6(3)10(5-2)7(13)11-9(15)12-8(10)14;;/h7H,4-6H2,1-3H3,(H2,12,13,14,15,16);6H,4-5H2,1-3H3,(H2,11,12,13,14,15);;/q;;2*+1/p-2. The number of rotatable bonds is 7. The van der Waals surface area contributed by atoms with E-state index >= 15 is 0 Å². The van der Waals surface area contributed by atoms with Gasteiger partial charge in [-0.1, -0.05) is 54.4 Å². The molecular weight excluding hydrogens is 450 g/mol. The maximum Gasteiger partial charge on any atom is 1.00 e. The Morgan fingerprint density at radius 2 is 1.12 bits per heavy atom. The van der Waals surface area contributed by atoms with Crippen molar-refractivity contribution in [2.45, 2.75) is 73.6 Å². The monoisotopic (exact) mass is 482 g/mol. The Balaban J connectivity index is 0. The molecule has 2 aliphatic rings. The molecule has 4 unspecified atom stereocenters. The average Bonchev–Trinajstić information content (AvgIpc) is 2.68. The quantitative estimate of drug-likeness (QED) is 0.346. The molecule has 0 saturated heterocycles. The minimum Gasteiger partial charge on any atom is -0.861 e. The van der Waals surface area contributed by atoms with Crippen LogP contribution in [0.1, 0.15) is 73.6 Å². The van der Waals surface area contributed by atoms with E-state index in [1.807, 2.05) is 27.7 Å². The molecule has 0 bridgehead atoms. The molecule has 0 aromatic heterocycles. The first-order chi connectivity index (χ1) is 14.5. The summed E-state index contributed by atoms with van der Waals surface area (Å²) in [6, 6.07) is -1.69. The van der Waals surface area contributed by atoms with Gasteiger partial charge in [0.05, 0.1) is 10.8 Å². The number of aliphatic imine (C=N–C) groups is 2. The molecule has 2 N–H and O–H groups in total. The molecule has 174 valence electrons. The number of nitrogens with zero attached hydrogens (tertiary/aromatic N) is 2. The Morgan fingerprint density at radius 1 is 0.758 bits per heavy atom. The number of amides is 6. The van der Waals surface area contributed by atoms with Crippen molar-refractivity contribution in [1.82, 2.24) is 10.6 Å². The van der Waals surface area contributed by atoms with Gasteiger partial charge in [-0.25, -0.2) is 19.6 Å². The molecule has 2 aliphatic heterocycles. The zero-order chi connectivity index (χ0) is 24.0. The second kappa shape index (κ2) is 14.6. The summed E-state index contributed by atoms with van der Waals surface area (Å²) in [5.74, 6) is -2.43. The number of urea groups is 2. The van der Waals surface area contributed by atoms with Crippen LogP contribution in [0, 0.1) is 22.7 Å². The maximum absolute atomic E-state index is 11.9. The molecule has 12 heteroatoms. The maximum atomic E-state index is 11.9. The van der Waals surface area contributed by atoms with Crippen LogP contribution in [0.25, 0.3) is 0 Å². The molecule has 2 rings (SSSR count). The van der Waals surface area contributed by atoms with E-state index in [0.29, 0.717) is 19.3 Å². The number of carbonyl (C=O) groups is 4. The molecule has 0 aromatic carbocycles. The second-order valence-corrected chi connectivity index (χ2v) is 8.00. The van der Waals surface area contributed by atoms with Crippen molar-refractivity contribution in [1.29, 1.82) is 0 Å². The molecule has 2 heterocycles. The van der Waals surface area contributed by atoms with Gasteiger partial charge in [-0.2, -0.15) is 0 Å². The van der Waals surface area contributed by atoms with Crippen molar-refractivity contribution >= 4 is 35.7 Å². The van der Waals surface area contributed by atoms with Crippen LogP contribution in [0.3, 0.4) is 0 Å². The molecule has 6 amide bonds. The molecule has 0 saturated carbocycles. The van der Waals surface area contributed by atoms with Crippen LogP contribution < -0.4 is 80.0 Å². The Morgan fingerprint density at radius 3 is 1.39 bits per heavy atom. The molecule has 0 aliphatic carbocycles. The summed E-state index contributed by atoms with van der Waals surface area (Å²) >= 11 is 0. The van der Waals surface area contributed by atoms with Crippen molar-refractivity contribution in [3.8, 4) is 0 Å². The van der Waals surface area contributed by atoms with Crippen LogP contribution >= 0.6 is 0 Å². The van der Waals surface area contributed by atoms with Crippen LogP contribution in [0.5, 0.6) is 0 Å². The fourth-order valence-corrected chi connectivity index (χ4v) is 4.27. The van der Waals surface area contributed by atoms with E-state index in [9.17, 15) is 29.4 Å². The van der Waals surface area contributed by atoms with Crippen LogP contribution in [-0.4, -0.2) is 35.7 Å². The summed E-state index contributed by atoms with van der Waals surface area (Å²) < 4.78 is 0. The van der Waals surface area contributed by atoms with Crippen LogP contribution in [-0.2, 0) is 9.59 Å². The third-order valence-electron chi connectivity index (χ3n) is 6.55. The van der Waals surface area contributed by atoms with Crippen molar-refractivity contribution in [2.24, 2.45) is 32.7 Å². The van der Waals surface area contributed by atoms with Gasteiger partial charge >= 0.3 is 71.2 Å². The minimum atomic E-state index is -1.15. The summed E-state index contributed by atoms with van der Waals surface area (Å²) in [5.41, 5.74) is -2.30. The number of hydrogen-bond acceptors (Lipinski definition) is 6. The summed E-state index contributed by atoms with van der Waals surface area (Å²) in [6.07, 6.45) is 3.07. The number of hydrogen-bond donors (Lipinski definition) is 2. The first-order valence-corrected chi connectivity index (χ1v) is 10.7. The van der Waals surface area contributed by atoms with E-state index < -0.39 is 46.5 Å². The predicted molar refractivity (Wildman–Crippen MR) is 111 cm³/mol. The van der Waals surface area contributed by atoms with Gasteiger partial charge in [0, 0.05) is 0 Å². The van der Waals surface area contributed by atoms with E-state index in [1.165, 1.54) is 0 Å². The molecule has 0 aromatic rings. The summed E-state index contributed by atoms with van der Waals surface area (Å²) in [6.45, 7) is 11.1. The molecule has 33 heavy (non-hydrogen) atoms. The number of carbonyl (C=O) groups excluding carboxylic acids is 4. The fraction of sp³-hybridized carbons (Fsp3) is 0.714. The van der Waals surface area contributed by atoms with Crippen molar-refractivity contribution in [3.05, 3.63) is 0 Å². The van der Waals surface area contributed by atoms with Gasteiger partial charge in [0.15, 0.2) is 0 Å². The molecule has 4 atom stereocenters. The van der Waals surface area contributed by atoms with E-state index in [-0.39, 0.29) is 71.0 Å². The Hall–Kier alpha value is -0.780. The Kier molecular flexibility index (Phi) is 15.2. The molecule has 0 spiro atoms. The predicted octanol–water partition coefficient (Wildman–Crippen LogP) is -4.73. The summed E-state index contributed by atoms with van der Waals surface area (Å²) in [5, 5.41) is 27.8. The van der Waals surface area contributed by atoms with Crippen molar-refractivity contribution < 1.29 is 88.5 Å². The summed E-state index contributed by atoms with van der Waals surface area (Å²) in [7, 11) is 0. The van der Waals surface area contributed by atoms with E-state index in [1.54, 1.807) is 13.8 Å². The third-order valence-corrected chi connectivity index (χ3v) is 6.55. The van der Waals surface area contributed by atoms with Gasteiger partial charge in [-0.05, 0) is 42.9 Å². The van der Waals surface area contributed by atoms with Crippen LogP contribution in [0.4, 0.5) is 9.59 Å². The second-order valence-electron chi connectivity index (χ2n) is 8.00. The van der Waals surface area contributed by atoms with Gasteiger partial charge in [0.2, 0.25) is 11.8 Å². The molecular formula is C21H32N4Na2O6. The van der Waals surface area contributed by atoms with E-state index in [4.69, 9.17) is 0 Å². The number of nitrogens with one attached hydrogen (secondary N) is 2. The Labute approximate surface area is 239 Å². The van der Waals surface area contributed by atoms with Gasteiger partial charge in [-0.3, -0.25) is 20.2 Å². The van der Waals surface area contributed by atoms with Crippen LogP contribution in [0.15, 0.2) is 9.98 Å². The fourth-order valence-electron chi connectivity index (χ4n) is 4.27. The van der Waals surface area contributed by atoms with Gasteiger partial charge in [0.25, 0.3) is 0 Å². The average molecular weight is 482 g/mol. The van der Waals surface area contributed by atoms with Crippen LogP contribution in [0.2, 0.25) is 0 Å². The van der Waals surface area contributed by atoms with Crippen molar-refractivity contribution in [3.63, 3.8) is 0 Å². The minimum absolute atomic E-state index is 0. The smallest absolute Gasteiger partial charge is 0.861 e. The first-order valence-electron chi connectivity index (χ1n) is 10.7. The molecule has 10 nitrogen and oxygen atoms in total. The van der Waals surface area contributed by atoms with Gasteiger partial charge in [0.1, 0.15) is 0 Å². The number of imide groups is 2. The zero-order valence-corrected chi connectivity index (χ0v) is 25.0. The molecule has 0 radical (unpaired) electrons. The first kappa shape index (κ1) is 34.4. The van der Waals surface area contributed by atoms with E-state index in [2.05, 4.69) is 20.6 Å². The van der Waals surface area contributed by atoms with Crippen molar-refractivity contribution in [2.75, 3.05) is 0 Å². The SMILES string of the molecule is CCC(C)C1(CC)C(=O)NC(=O)N=C1[O-].CCCC(C)C1(CC)C(=O)NC(=O)N=C1[O-].[Na+].[Na+]. The normalized spacial score (nSPS) is 26.1.